The molecule has 0 aromatic heterocycles. The minimum Gasteiger partial charge on any atom is -0.497 e. The monoisotopic (exact) mass is 605 g/mol. The maximum absolute atomic E-state index is 15.1. The van der Waals surface area contributed by atoms with Crippen LogP contribution >= 0.6 is 0 Å². The zero-order valence-corrected chi connectivity index (χ0v) is 25.6. The molecule has 1 unspecified atom stereocenters. The van der Waals surface area contributed by atoms with Crippen molar-refractivity contribution in [2.75, 3.05) is 50.1 Å². The van der Waals surface area contributed by atoms with Crippen LogP contribution < -0.4 is 25.6 Å². The number of nitrogens with zero attached hydrogens (tertiary/aromatic N) is 2. The smallest absolute Gasteiger partial charge is 0.251 e. The lowest BCUT2D eigenvalue weighted by molar-refractivity contribution is -0.133. The molecule has 1 spiro atoms. The van der Waals surface area contributed by atoms with Crippen molar-refractivity contribution in [3.05, 3.63) is 53.8 Å². The summed E-state index contributed by atoms with van der Waals surface area (Å²) < 4.78 is 20.3. The van der Waals surface area contributed by atoms with Crippen molar-refractivity contribution in [1.29, 1.82) is 0 Å². The summed E-state index contributed by atoms with van der Waals surface area (Å²) in [5, 5.41) is 8.60. The first-order chi connectivity index (χ1) is 21.3. The van der Waals surface area contributed by atoms with E-state index in [9.17, 15) is 14.4 Å². The lowest BCUT2D eigenvalue weighted by Gasteiger charge is -2.52. The van der Waals surface area contributed by atoms with Crippen LogP contribution in [0.2, 0.25) is 0 Å². The van der Waals surface area contributed by atoms with E-state index in [2.05, 4.69) is 25.8 Å². The van der Waals surface area contributed by atoms with Gasteiger partial charge in [-0.2, -0.15) is 0 Å². The third-order valence-electron chi connectivity index (χ3n) is 10.3. The number of halogens is 1. The molecule has 236 valence electrons. The summed E-state index contributed by atoms with van der Waals surface area (Å²) in [5.41, 5.74) is 2.19. The number of carbonyl (C=O) groups is 3. The fraction of sp³-hybridized carbons (Fsp3) is 0.559. The number of ether oxygens (including phenoxy) is 1. The van der Waals surface area contributed by atoms with Crippen molar-refractivity contribution in [1.82, 2.24) is 15.5 Å². The minimum atomic E-state index is -0.525. The van der Waals surface area contributed by atoms with Gasteiger partial charge < -0.3 is 25.2 Å². The van der Waals surface area contributed by atoms with Crippen LogP contribution in [0.5, 0.6) is 5.75 Å². The molecule has 3 heterocycles. The summed E-state index contributed by atoms with van der Waals surface area (Å²) in [6, 6.07) is 12.1. The van der Waals surface area contributed by atoms with Crippen LogP contribution in [0.15, 0.2) is 42.5 Å². The number of carbonyl (C=O) groups excluding carboxylic acids is 3. The van der Waals surface area contributed by atoms with Gasteiger partial charge in [-0.3, -0.25) is 19.7 Å². The topological polar surface area (TPSA) is 103 Å². The molecule has 3 saturated heterocycles. The van der Waals surface area contributed by atoms with E-state index < -0.39 is 6.04 Å². The van der Waals surface area contributed by atoms with E-state index in [-0.39, 0.29) is 36.0 Å². The first kappa shape index (κ1) is 30.4. The molecule has 6 rings (SSSR count). The molecule has 3 N–H and O–H groups in total. The van der Waals surface area contributed by atoms with Crippen LogP contribution in [0.4, 0.5) is 15.8 Å². The Balaban J connectivity index is 0.885. The normalized spacial score (nSPS) is 22.8. The Bertz CT molecular complexity index is 1360. The molecular weight excluding hydrogens is 561 g/mol. The average molecular weight is 606 g/mol. The molecule has 9 nitrogen and oxygen atoms in total. The number of anilines is 2. The van der Waals surface area contributed by atoms with Gasteiger partial charge in [0.2, 0.25) is 11.8 Å². The Labute approximate surface area is 258 Å². The van der Waals surface area contributed by atoms with Gasteiger partial charge in [0.1, 0.15) is 17.6 Å². The number of nitrogens with one attached hydrogen (secondary N) is 3. The van der Waals surface area contributed by atoms with Crippen LogP contribution in [0.25, 0.3) is 0 Å². The van der Waals surface area contributed by atoms with E-state index in [0.717, 1.165) is 58.4 Å². The number of rotatable bonds is 9. The number of benzene rings is 2. The molecular formula is C34H44FN5O4. The van der Waals surface area contributed by atoms with E-state index in [1.54, 1.807) is 19.2 Å². The molecule has 1 saturated carbocycles. The second-order valence-corrected chi connectivity index (χ2v) is 13.2. The Hall–Kier alpha value is -3.66. The third-order valence-corrected chi connectivity index (χ3v) is 10.3. The van der Waals surface area contributed by atoms with E-state index in [1.165, 1.54) is 25.3 Å². The van der Waals surface area contributed by atoms with Crippen molar-refractivity contribution < 1.29 is 23.5 Å². The summed E-state index contributed by atoms with van der Waals surface area (Å²) >= 11 is 0. The second-order valence-electron chi connectivity index (χ2n) is 13.2. The number of hydrogen-bond donors (Lipinski definition) is 3. The highest BCUT2D eigenvalue weighted by molar-refractivity contribution is 6.01. The molecule has 0 bridgehead atoms. The standard InChI is InChI=1S/C34H44FN5O4/c1-44-27-4-2-3-24(19-27)32(42)37-26-21-34(22-26)12-17-39(18-13-34)14-9-23-10-15-40(16-11-23)30-7-5-25(20-28(30)35)36-29-6-8-31(41)38-33(29)43/h2-5,7,19-20,23,26,29,36H,6,8-18,21-22H2,1H3,(H,37,42)(H,38,41,43). The molecule has 4 aliphatic rings. The summed E-state index contributed by atoms with van der Waals surface area (Å²) in [6.07, 6.45) is 8.52. The van der Waals surface area contributed by atoms with Crippen molar-refractivity contribution in [2.45, 2.75) is 69.9 Å². The predicted molar refractivity (Wildman–Crippen MR) is 167 cm³/mol. The molecule has 2 aromatic carbocycles. The third kappa shape index (κ3) is 7.01. The lowest BCUT2D eigenvalue weighted by atomic mass is 9.60. The largest absolute Gasteiger partial charge is 0.497 e. The summed E-state index contributed by atoms with van der Waals surface area (Å²) in [7, 11) is 1.61. The molecule has 0 radical (unpaired) electrons. The summed E-state index contributed by atoms with van der Waals surface area (Å²) in [4.78, 5) is 40.8. The second kappa shape index (κ2) is 13.1. The molecule has 44 heavy (non-hydrogen) atoms. The number of hydrogen-bond acceptors (Lipinski definition) is 7. The van der Waals surface area contributed by atoms with Gasteiger partial charge in [0.25, 0.3) is 5.91 Å². The highest BCUT2D eigenvalue weighted by Gasteiger charge is 2.46. The molecule has 10 heteroatoms. The lowest BCUT2D eigenvalue weighted by Crippen LogP contribution is -2.55. The number of methoxy groups -OCH3 is 1. The maximum Gasteiger partial charge on any atom is 0.251 e. The van der Waals surface area contributed by atoms with Crippen LogP contribution in [0.1, 0.15) is 68.1 Å². The summed E-state index contributed by atoms with van der Waals surface area (Å²) in [6.45, 7) is 5.05. The molecule has 4 fully saturated rings. The van der Waals surface area contributed by atoms with Gasteiger partial charge in [-0.1, -0.05) is 6.07 Å². The van der Waals surface area contributed by atoms with E-state index >= 15 is 4.39 Å². The molecule has 2 aromatic rings. The quantitative estimate of drug-likeness (QED) is 0.366. The Morgan fingerprint density at radius 3 is 2.52 bits per heavy atom. The first-order valence-corrected chi connectivity index (χ1v) is 16.1. The average Bonchev–Trinajstić information content (AvgIpc) is 3.02. The van der Waals surface area contributed by atoms with Gasteiger partial charge in [-0.05, 0) is 119 Å². The van der Waals surface area contributed by atoms with Crippen molar-refractivity contribution >= 4 is 29.1 Å². The molecule has 1 aliphatic carbocycles. The fourth-order valence-corrected chi connectivity index (χ4v) is 7.49. The number of likely N-dealkylation sites (tertiary alicyclic amines) is 1. The summed E-state index contributed by atoms with van der Waals surface area (Å²) in [5.74, 6) is 0.412. The van der Waals surface area contributed by atoms with Gasteiger partial charge in [0, 0.05) is 36.8 Å². The highest BCUT2D eigenvalue weighted by atomic mass is 19.1. The van der Waals surface area contributed by atoms with Gasteiger partial charge in [-0.15, -0.1) is 0 Å². The van der Waals surface area contributed by atoms with Gasteiger partial charge in [-0.25, -0.2) is 4.39 Å². The van der Waals surface area contributed by atoms with E-state index in [4.69, 9.17) is 4.74 Å². The van der Waals surface area contributed by atoms with Gasteiger partial charge >= 0.3 is 0 Å². The zero-order chi connectivity index (χ0) is 30.7. The van der Waals surface area contributed by atoms with Crippen molar-refractivity contribution in [3.8, 4) is 5.75 Å². The van der Waals surface area contributed by atoms with Crippen LogP contribution in [0, 0.1) is 17.2 Å². The van der Waals surface area contributed by atoms with Gasteiger partial charge in [0.05, 0.1) is 12.8 Å². The predicted octanol–water partition coefficient (Wildman–Crippen LogP) is 4.33. The minimum absolute atomic E-state index is 0.0197. The van der Waals surface area contributed by atoms with Crippen molar-refractivity contribution in [2.24, 2.45) is 11.3 Å². The molecule has 3 amide bonds. The van der Waals surface area contributed by atoms with Gasteiger partial charge in [0.15, 0.2) is 0 Å². The number of amides is 3. The fourth-order valence-electron chi connectivity index (χ4n) is 7.49. The Kier molecular flexibility index (Phi) is 9.07. The number of imide groups is 1. The zero-order valence-electron chi connectivity index (χ0n) is 25.6. The van der Waals surface area contributed by atoms with E-state index in [0.29, 0.717) is 40.4 Å². The van der Waals surface area contributed by atoms with Crippen LogP contribution in [0.3, 0.4) is 0 Å². The Morgan fingerprint density at radius 2 is 1.82 bits per heavy atom. The molecule has 1 atom stereocenters. The number of piperidine rings is 3. The highest BCUT2D eigenvalue weighted by Crippen LogP contribution is 2.49. The molecule has 3 aliphatic heterocycles. The van der Waals surface area contributed by atoms with Crippen molar-refractivity contribution in [3.63, 3.8) is 0 Å². The maximum atomic E-state index is 15.1. The Morgan fingerprint density at radius 1 is 1.05 bits per heavy atom. The SMILES string of the molecule is COc1cccc(C(=O)NC2CC3(CCN(CCC4CCN(c5ccc(NC6CCC(=O)NC6=O)cc5F)CC4)CC3)C2)c1. The first-order valence-electron chi connectivity index (χ1n) is 16.1. The van der Waals surface area contributed by atoms with E-state index in [1.807, 2.05) is 24.3 Å². The van der Waals surface area contributed by atoms with Crippen LogP contribution in [-0.2, 0) is 9.59 Å². The van der Waals surface area contributed by atoms with Crippen LogP contribution in [-0.4, -0.2) is 74.5 Å².